The molecule has 0 saturated heterocycles. The molecule has 3 heteroatoms. The second-order valence-corrected chi connectivity index (χ2v) is 3.65. The van der Waals surface area contributed by atoms with E-state index in [2.05, 4.69) is 4.98 Å². The van der Waals surface area contributed by atoms with Crippen LogP contribution in [0.4, 0.5) is 5.82 Å². The number of pyridine rings is 1. The van der Waals surface area contributed by atoms with Crippen molar-refractivity contribution in [3.8, 4) is 0 Å². The van der Waals surface area contributed by atoms with Gasteiger partial charge in [0.05, 0.1) is 0 Å². The molecule has 0 saturated carbocycles. The summed E-state index contributed by atoms with van der Waals surface area (Å²) in [6.07, 6.45) is 1.62. The molecule has 0 aliphatic rings. The van der Waals surface area contributed by atoms with Crippen LogP contribution >= 0.6 is 0 Å². The van der Waals surface area contributed by atoms with E-state index in [0.29, 0.717) is 5.82 Å². The standard InChI is InChI=1S/C9H13N2O/c1-9(2,3)11(12)8-6-4-5-7-10-8/h4-7H,1-3H3/q+1. The SMILES string of the molecule is CC(C)(C)[N+](=O)c1ccccn1. The van der Waals surface area contributed by atoms with Gasteiger partial charge in [0.2, 0.25) is 0 Å². The topological polar surface area (TPSA) is 33.0 Å². The highest BCUT2D eigenvalue weighted by Gasteiger charge is 2.27. The van der Waals surface area contributed by atoms with Gasteiger partial charge in [0, 0.05) is 6.07 Å². The maximum Gasteiger partial charge on any atom is 0.361 e. The summed E-state index contributed by atoms with van der Waals surface area (Å²) in [6, 6.07) is 5.30. The fourth-order valence-corrected chi connectivity index (χ4v) is 0.818. The average molecular weight is 165 g/mol. The maximum atomic E-state index is 11.5. The van der Waals surface area contributed by atoms with Gasteiger partial charge in [-0.2, -0.15) is 0 Å². The van der Waals surface area contributed by atoms with Crippen LogP contribution in [-0.2, 0) is 0 Å². The third-order valence-corrected chi connectivity index (χ3v) is 1.47. The highest BCUT2D eigenvalue weighted by molar-refractivity contribution is 5.16. The Morgan fingerprint density at radius 2 is 2.00 bits per heavy atom. The molecule has 0 aromatic carbocycles. The molecule has 0 unspecified atom stereocenters. The van der Waals surface area contributed by atoms with Crippen LogP contribution in [0.15, 0.2) is 24.4 Å². The molecule has 0 aliphatic heterocycles. The van der Waals surface area contributed by atoms with Crippen molar-refractivity contribution >= 4 is 5.82 Å². The molecule has 0 spiro atoms. The third-order valence-electron chi connectivity index (χ3n) is 1.47. The highest BCUT2D eigenvalue weighted by atomic mass is 16.3. The maximum absolute atomic E-state index is 11.5. The molecule has 1 heterocycles. The second-order valence-electron chi connectivity index (χ2n) is 3.65. The minimum atomic E-state index is -0.422. The van der Waals surface area contributed by atoms with Crippen molar-refractivity contribution in [1.29, 1.82) is 0 Å². The van der Waals surface area contributed by atoms with E-state index in [1.54, 1.807) is 24.4 Å². The molecule has 0 aliphatic carbocycles. The molecule has 0 atom stereocenters. The first kappa shape index (κ1) is 8.84. The molecule has 0 radical (unpaired) electrons. The minimum absolute atomic E-state index is 0.422. The Kier molecular flexibility index (Phi) is 2.22. The van der Waals surface area contributed by atoms with Gasteiger partial charge >= 0.3 is 5.82 Å². The molecule has 1 aromatic rings. The highest BCUT2D eigenvalue weighted by Crippen LogP contribution is 2.16. The largest absolute Gasteiger partial charge is 0.361 e. The fraction of sp³-hybridized carbons (Fsp3) is 0.444. The summed E-state index contributed by atoms with van der Waals surface area (Å²) >= 11 is 0. The normalized spacial score (nSPS) is 11.2. The summed E-state index contributed by atoms with van der Waals surface area (Å²) in [4.78, 5) is 15.5. The lowest BCUT2D eigenvalue weighted by molar-refractivity contribution is -0.543. The van der Waals surface area contributed by atoms with Gasteiger partial charge in [0.25, 0.3) is 0 Å². The van der Waals surface area contributed by atoms with Crippen molar-refractivity contribution in [3.63, 3.8) is 0 Å². The first-order valence-corrected chi connectivity index (χ1v) is 3.90. The molecule has 0 N–H and O–H groups in total. The first-order chi connectivity index (χ1) is 5.52. The van der Waals surface area contributed by atoms with Crippen LogP contribution in [0.1, 0.15) is 20.8 Å². The lowest BCUT2D eigenvalue weighted by Crippen LogP contribution is -2.27. The number of hydrogen-bond donors (Lipinski definition) is 0. The van der Waals surface area contributed by atoms with E-state index in [-0.39, 0.29) is 0 Å². The molecule has 12 heavy (non-hydrogen) atoms. The molecule has 64 valence electrons. The van der Waals surface area contributed by atoms with Gasteiger partial charge in [-0.15, -0.1) is 0 Å². The van der Waals surface area contributed by atoms with E-state index < -0.39 is 5.54 Å². The summed E-state index contributed by atoms with van der Waals surface area (Å²) < 4.78 is 0.910. The zero-order valence-electron chi connectivity index (χ0n) is 7.61. The van der Waals surface area contributed by atoms with Gasteiger partial charge in [0.1, 0.15) is 11.7 Å². The van der Waals surface area contributed by atoms with Gasteiger partial charge in [-0.3, -0.25) is 0 Å². The Morgan fingerprint density at radius 1 is 1.33 bits per heavy atom. The smallest absolute Gasteiger partial charge is 0.0646 e. The Bertz CT molecular complexity index is 274. The molecule has 3 nitrogen and oxygen atoms in total. The Morgan fingerprint density at radius 3 is 2.42 bits per heavy atom. The van der Waals surface area contributed by atoms with Gasteiger partial charge in [-0.05, 0) is 36.6 Å². The molecular weight excluding hydrogens is 152 g/mol. The van der Waals surface area contributed by atoms with E-state index >= 15 is 0 Å². The van der Waals surface area contributed by atoms with Crippen LogP contribution < -0.4 is 0 Å². The Labute approximate surface area is 72.0 Å². The van der Waals surface area contributed by atoms with Crippen LogP contribution in [-0.4, -0.2) is 15.3 Å². The van der Waals surface area contributed by atoms with Crippen molar-refractivity contribution in [2.24, 2.45) is 0 Å². The number of nitroso groups, excluding NO2 is 1. The molecule has 0 amide bonds. The number of aromatic nitrogens is 1. The van der Waals surface area contributed by atoms with Gasteiger partial charge in [-0.1, -0.05) is 11.0 Å². The lowest BCUT2D eigenvalue weighted by atomic mass is 10.1. The Balaban J connectivity index is 2.94. The number of hydrogen-bond acceptors (Lipinski definition) is 2. The van der Waals surface area contributed by atoms with E-state index in [4.69, 9.17) is 0 Å². The van der Waals surface area contributed by atoms with E-state index in [0.717, 1.165) is 4.76 Å². The van der Waals surface area contributed by atoms with Crippen molar-refractivity contribution in [2.75, 3.05) is 0 Å². The van der Waals surface area contributed by atoms with Gasteiger partial charge < -0.3 is 0 Å². The summed E-state index contributed by atoms with van der Waals surface area (Å²) in [5.41, 5.74) is -0.422. The number of rotatable bonds is 1. The fourth-order valence-electron chi connectivity index (χ4n) is 0.818. The molecule has 0 bridgehead atoms. The quantitative estimate of drug-likeness (QED) is 0.598. The molecule has 1 rings (SSSR count). The molecule has 0 fully saturated rings. The third kappa shape index (κ3) is 1.87. The van der Waals surface area contributed by atoms with Crippen LogP contribution in [0.3, 0.4) is 0 Å². The van der Waals surface area contributed by atoms with Crippen molar-refractivity contribution in [2.45, 2.75) is 26.3 Å². The molecule has 1 aromatic heterocycles. The van der Waals surface area contributed by atoms with E-state index in [1.807, 2.05) is 20.8 Å². The predicted octanol–water partition coefficient (Wildman–Crippen LogP) is 2.29. The minimum Gasteiger partial charge on any atom is -0.0646 e. The monoisotopic (exact) mass is 165 g/mol. The van der Waals surface area contributed by atoms with Crippen molar-refractivity contribution < 1.29 is 4.76 Å². The van der Waals surface area contributed by atoms with E-state index in [1.165, 1.54) is 0 Å². The Hall–Kier alpha value is -1.25. The predicted molar refractivity (Wildman–Crippen MR) is 47.3 cm³/mol. The van der Waals surface area contributed by atoms with Crippen LogP contribution in [0, 0.1) is 4.91 Å². The zero-order valence-corrected chi connectivity index (χ0v) is 7.61. The van der Waals surface area contributed by atoms with Crippen molar-refractivity contribution in [3.05, 3.63) is 29.3 Å². The summed E-state index contributed by atoms with van der Waals surface area (Å²) in [5.74, 6) is 0.463. The van der Waals surface area contributed by atoms with E-state index in [9.17, 15) is 4.91 Å². The van der Waals surface area contributed by atoms with Crippen LogP contribution in [0.5, 0.6) is 0 Å². The summed E-state index contributed by atoms with van der Waals surface area (Å²) in [6.45, 7) is 5.57. The number of nitrogens with zero attached hydrogens (tertiary/aromatic N) is 2. The average Bonchev–Trinajstić information content (AvgIpc) is 2.03. The van der Waals surface area contributed by atoms with Gasteiger partial charge in [0.15, 0.2) is 0 Å². The first-order valence-electron chi connectivity index (χ1n) is 3.90. The summed E-state index contributed by atoms with van der Waals surface area (Å²) in [7, 11) is 0. The summed E-state index contributed by atoms with van der Waals surface area (Å²) in [5, 5.41) is 0. The zero-order chi connectivity index (χ0) is 9.19. The van der Waals surface area contributed by atoms with Crippen LogP contribution in [0.25, 0.3) is 0 Å². The van der Waals surface area contributed by atoms with Crippen molar-refractivity contribution in [1.82, 2.24) is 4.98 Å². The van der Waals surface area contributed by atoms with Crippen LogP contribution in [0.2, 0.25) is 0 Å². The molecular formula is C9H13N2O+. The second kappa shape index (κ2) is 3.01. The lowest BCUT2D eigenvalue weighted by Gasteiger charge is -2.10. The van der Waals surface area contributed by atoms with Gasteiger partial charge in [-0.25, -0.2) is 0 Å².